The van der Waals surface area contributed by atoms with Crippen LogP contribution in [0.5, 0.6) is 0 Å². The number of benzene rings is 1. The van der Waals surface area contributed by atoms with Crippen LogP contribution < -0.4 is 4.90 Å². The summed E-state index contributed by atoms with van der Waals surface area (Å²) in [6, 6.07) is 5.14. The normalized spacial score (nSPS) is 21.5. The fraction of sp³-hybridized carbons (Fsp3) is 0.500. The second-order valence-electron chi connectivity index (χ2n) is 8.20. The molecule has 0 aromatic heterocycles. The van der Waals surface area contributed by atoms with Gasteiger partial charge in [0, 0.05) is 46.0 Å². The van der Waals surface area contributed by atoms with Gasteiger partial charge in [0.25, 0.3) is 17.8 Å². The molecule has 1 unspecified atom stereocenters. The van der Waals surface area contributed by atoms with Crippen molar-refractivity contribution >= 4 is 35.3 Å². The largest absolute Gasteiger partial charge is 0.463 e. The van der Waals surface area contributed by atoms with E-state index in [9.17, 15) is 18.8 Å². The number of carbonyl (C=O) groups is 3. The van der Waals surface area contributed by atoms with Crippen molar-refractivity contribution in [1.82, 2.24) is 14.7 Å². The van der Waals surface area contributed by atoms with Crippen LogP contribution in [-0.2, 0) is 14.3 Å². The number of carbonyl (C=O) groups excluding carboxylic acids is 3. The lowest BCUT2D eigenvalue weighted by Crippen LogP contribution is -2.62. The van der Waals surface area contributed by atoms with E-state index in [1.54, 1.807) is 30.7 Å². The minimum atomic E-state index is -0.836. The average molecular weight is 460 g/mol. The van der Waals surface area contributed by atoms with E-state index in [4.69, 9.17) is 4.74 Å². The number of halogens is 1. The summed E-state index contributed by atoms with van der Waals surface area (Å²) in [6.45, 7) is 5.21. The number of amidine groups is 2. The molecule has 1 atom stereocenters. The van der Waals surface area contributed by atoms with E-state index in [0.717, 1.165) is 36.8 Å². The summed E-state index contributed by atoms with van der Waals surface area (Å²) < 4.78 is 20.0. The zero-order valence-electron chi connectivity index (χ0n) is 19.0. The lowest BCUT2D eigenvalue weighted by molar-refractivity contribution is -0.527. The third-order valence-corrected chi connectivity index (χ3v) is 6.15. The summed E-state index contributed by atoms with van der Waals surface area (Å²) in [4.78, 5) is 49.0. The molecular weight excluding hydrogens is 431 g/mol. The third kappa shape index (κ3) is 4.45. The Hall–Kier alpha value is -3.34. The van der Waals surface area contributed by atoms with Gasteiger partial charge in [-0.1, -0.05) is 0 Å². The van der Waals surface area contributed by atoms with Crippen molar-refractivity contribution in [2.24, 2.45) is 4.99 Å². The van der Waals surface area contributed by atoms with Crippen molar-refractivity contribution in [2.45, 2.75) is 13.0 Å². The number of amides is 3. The van der Waals surface area contributed by atoms with Gasteiger partial charge in [0.05, 0.1) is 6.61 Å². The van der Waals surface area contributed by atoms with E-state index >= 15 is 0 Å². The Morgan fingerprint density at radius 3 is 2.42 bits per heavy atom. The van der Waals surface area contributed by atoms with Crippen LogP contribution in [0.4, 0.5) is 14.9 Å². The third-order valence-electron chi connectivity index (χ3n) is 6.15. The summed E-state index contributed by atoms with van der Waals surface area (Å²) in [6.07, 6.45) is 0. The van der Waals surface area contributed by atoms with Gasteiger partial charge < -0.3 is 9.64 Å². The smallest absolute Gasteiger partial charge is 0.348 e. The van der Waals surface area contributed by atoms with Gasteiger partial charge in [-0.3, -0.25) is 19.5 Å². The van der Waals surface area contributed by atoms with E-state index in [-0.39, 0.29) is 19.0 Å². The number of hydrogen-bond acceptors (Lipinski definition) is 7. The van der Waals surface area contributed by atoms with Gasteiger partial charge in [-0.15, -0.1) is 0 Å². The standard InChI is InChI=1S/C22H28FN6O4/c1-4-33-18(30)14-29-17(24-20-19(29)21(31)26(3)22(32)25(20)2)13-27-9-11-28(12-10-27)16-7-5-15(23)6-8-16/h5-8,19H,4,9-14H2,1-3H3/q+1. The second kappa shape index (κ2) is 9.26. The fourth-order valence-electron chi connectivity index (χ4n) is 4.32. The van der Waals surface area contributed by atoms with Gasteiger partial charge in [-0.05, 0) is 36.2 Å². The maximum Gasteiger partial charge on any atom is 0.348 e. The van der Waals surface area contributed by atoms with E-state index in [1.165, 1.54) is 24.1 Å². The van der Waals surface area contributed by atoms with Crippen LogP contribution in [0.15, 0.2) is 29.3 Å². The highest BCUT2D eigenvalue weighted by Gasteiger charge is 2.53. The van der Waals surface area contributed by atoms with Crippen molar-refractivity contribution in [3.05, 3.63) is 30.1 Å². The molecule has 2 saturated heterocycles. The number of urea groups is 1. The monoisotopic (exact) mass is 459 g/mol. The molecule has 0 radical (unpaired) electrons. The summed E-state index contributed by atoms with van der Waals surface area (Å²) in [7, 11) is 3.00. The molecule has 0 N–H and O–H groups in total. The van der Waals surface area contributed by atoms with Crippen LogP contribution in [0, 0.1) is 5.82 Å². The molecule has 11 heteroatoms. The van der Waals surface area contributed by atoms with E-state index in [1.807, 2.05) is 0 Å². The molecule has 3 amide bonds. The SMILES string of the molecule is CCOC(=O)C[N+]1=C(CN2CCN(c3ccc(F)cc3)CC2)N=C2C1C(=O)N(C)C(=O)N2C. The van der Waals surface area contributed by atoms with Gasteiger partial charge in [0.15, 0.2) is 6.54 Å². The quantitative estimate of drug-likeness (QED) is 0.447. The Balaban J connectivity index is 1.52. The molecule has 3 heterocycles. The molecule has 3 aliphatic rings. The van der Waals surface area contributed by atoms with Crippen LogP contribution >= 0.6 is 0 Å². The average Bonchev–Trinajstić information content (AvgIpc) is 3.15. The van der Waals surface area contributed by atoms with Crippen LogP contribution in [-0.4, -0.2) is 115 Å². The van der Waals surface area contributed by atoms with Gasteiger partial charge >= 0.3 is 17.8 Å². The number of fused-ring (bicyclic) bond motifs is 1. The molecule has 3 aliphatic heterocycles. The molecule has 0 saturated carbocycles. The Morgan fingerprint density at radius 2 is 1.79 bits per heavy atom. The minimum Gasteiger partial charge on any atom is -0.463 e. The molecule has 1 aromatic rings. The summed E-state index contributed by atoms with van der Waals surface area (Å²) >= 11 is 0. The van der Waals surface area contributed by atoms with E-state index < -0.39 is 23.9 Å². The van der Waals surface area contributed by atoms with Crippen LogP contribution in [0.2, 0.25) is 0 Å². The highest BCUT2D eigenvalue weighted by molar-refractivity contribution is 6.23. The first-order valence-corrected chi connectivity index (χ1v) is 10.9. The highest BCUT2D eigenvalue weighted by Crippen LogP contribution is 2.21. The van der Waals surface area contributed by atoms with Crippen molar-refractivity contribution < 1.29 is 28.1 Å². The number of imide groups is 1. The summed E-state index contributed by atoms with van der Waals surface area (Å²) in [5.74, 6) is -0.255. The number of rotatable bonds is 6. The highest BCUT2D eigenvalue weighted by atomic mass is 19.1. The molecule has 4 rings (SSSR count). The van der Waals surface area contributed by atoms with Gasteiger partial charge in [-0.2, -0.15) is 0 Å². The maximum atomic E-state index is 13.2. The number of esters is 1. The maximum absolute atomic E-state index is 13.2. The Labute approximate surface area is 191 Å². The molecule has 176 valence electrons. The molecule has 0 aliphatic carbocycles. The minimum absolute atomic E-state index is 0.127. The van der Waals surface area contributed by atoms with Crippen molar-refractivity contribution in [3.63, 3.8) is 0 Å². The molecule has 2 fully saturated rings. The Morgan fingerprint density at radius 1 is 1.12 bits per heavy atom. The molecule has 33 heavy (non-hydrogen) atoms. The first kappa shape index (κ1) is 22.8. The Kier molecular flexibility index (Phi) is 6.41. The van der Waals surface area contributed by atoms with Crippen molar-refractivity contribution in [2.75, 3.05) is 64.9 Å². The molecular formula is C22H28FN6O4+. The fourth-order valence-corrected chi connectivity index (χ4v) is 4.32. The van der Waals surface area contributed by atoms with Gasteiger partial charge in [0.1, 0.15) is 12.4 Å². The van der Waals surface area contributed by atoms with E-state index in [0.29, 0.717) is 18.2 Å². The second-order valence-corrected chi connectivity index (χ2v) is 8.20. The summed E-state index contributed by atoms with van der Waals surface area (Å²) in [5, 5.41) is 0. The van der Waals surface area contributed by atoms with Crippen LogP contribution in [0.25, 0.3) is 0 Å². The predicted octanol–water partition coefficient (Wildman–Crippen LogP) is 0.226. The van der Waals surface area contributed by atoms with Crippen LogP contribution in [0.3, 0.4) is 0 Å². The lowest BCUT2D eigenvalue weighted by Gasteiger charge is -2.35. The number of ether oxygens (including phenoxy) is 1. The number of hydrogen-bond donors (Lipinski definition) is 0. The molecule has 10 nitrogen and oxygen atoms in total. The zero-order chi connectivity index (χ0) is 23.7. The predicted molar refractivity (Wildman–Crippen MR) is 119 cm³/mol. The van der Waals surface area contributed by atoms with Gasteiger partial charge in [-0.25, -0.2) is 18.6 Å². The first-order chi connectivity index (χ1) is 15.8. The van der Waals surface area contributed by atoms with Crippen molar-refractivity contribution in [3.8, 4) is 0 Å². The van der Waals surface area contributed by atoms with Crippen LogP contribution in [0.1, 0.15) is 6.92 Å². The molecule has 1 aromatic carbocycles. The number of likely N-dealkylation sites (N-methyl/N-ethyl adjacent to an activating group) is 2. The summed E-state index contributed by atoms with van der Waals surface area (Å²) in [5.41, 5.74) is 0.966. The number of anilines is 1. The first-order valence-electron chi connectivity index (χ1n) is 10.9. The van der Waals surface area contributed by atoms with Crippen molar-refractivity contribution in [1.29, 1.82) is 0 Å². The number of nitrogens with zero attached hydrogens (tertiary/aromatic N) is 6. The lowest BCUT2D eigenvalue weighted by atomic mass is 10.1. The zero-order valence-corrected chi connectivity index (χ0v) is 19.0. The molecule has 0 spiro atoms. The van der Waals surface area contributed by atoms with E-state index in [2.05, 4.69) is 14.8 Å². The number of piperazine rings is 1. The topological polar surface area (TPSA) is 88.8 Å². The number of aliphatic imine (C=N–C) groups is 1. The van der Waals surface area contributed by atoms with Gasteiger partial charge in [0.2, 0.25) is 0 Å². The Bertz CT molecular complexity index is 1020. The molecule has 0 bridgehead atoms.